The summed E-state index contributed by atoms with van der Waals surface area (Å²) in [5.41, 5.74) is 5.36. The molecule has 14 heavy (non-hydrogen) atoms. The molecule has 0 aliphatic heterocycles. The van der Waals surface area contributed by atoms with Crippen LogP contribution < -0.4 is 5.73 Å². The molecule has 4 heteroatoms. The molecule has 0 saturated heterocycles. The normalized spacial score (nSPS) is 10.2. The van der Waals surface area contributed by atoms with Crippen molar-refractivity contribution in [2.75, 3.05) is 12.8 Å². The average molecular weight is 213 g/mol. The number of carbonyl (C=O) groups excluding carboxylic acids is 1. The van der Waals surface area contributed by atoms with E-state index < -0.39 is 5.82 Å². The maximum Gasteiger partial charge on any atom is 0.167 e. The quantitative estimate of drug-likeness (QED) is 0.615. The fraction of sp³-hybridized carbons (Fsp3) is 0.300. The third kappa shape index (κ3) is 2.56. The zero-order chi connectivity index (χ0) is 10.6. The predicted molar refractivity (Wildman–Crippen MR) is 56.2 cm³/mol. The van der Waals surface area contributed by atoms with Gasteiger partial charge in [0.1, 0.15) is 5.82 Å². The Morgan fingerprint density at radius 2 is 2.29 bits per heavy atom. The van der Waals surface area contributed by atoms with E-state index in [1.54, 1.807) is 6.07 Å². The molecule has 0 fully saturated rings. The minimum absolute atomic E-state index is 0.133. The van der Waals surface area contributed by atoms with Gasteiger partial charge >= 0.3 is 0 Å². The number of benzene rings is 1. The zero-order valence-electron chi connectivity index (χ0n) is 7.92. The predicted octanol–water partition coefficient (Wildman–Crippen LogP) is 2.08. The highest BCUT2D eigenvalue weighted by Crippen LogP contribution is 2.19. The lowest BCUT2D eigenvalue weighted by molar-refractivity contribution is 0.0981. The molecule has 76 valence electrons. The summed E-state index contributed by atoms with van der Waals surface area (Å²) < 4.78 is 13.3. The molecule has 0 aliphatic carbocycles. The van der Waals surface area contributed by atoms with Crippen molar-refractivity contribution < 1.29 is 9.18 Å². The van der Waals surface area contributed by atoms with Gasteiger partial charge in [0.25, 0.3) is 0 Å². The largest absolute Gasteiger partial charge is 0.330 e. The Kier molecular flexibility index (Phi) is 4.10. The molecular weight excluding hydrogens is 201 g/mol. The second-order valence-corrected chi connectivity index (χ2v) is 3.69. The van der Waals surface area contributed by atoms with E-state index in [1.807, 2.05) is 6.26 Å². The molecule has 0 amide bonds. The maximum absolute atomic E-state index is 13.3. The van der Waals surface area contributed by atoms with E-state index in [1.165, 1.54) is 23.9 Å². The van der Waals surface area contributed by atoms with Crippen LogP contribution in [0.2, 0.25) is 0 Å². The highest BCUT2D eigenvalue weighted by atomic mass is 32.2. The third-order valence-corrected chi connectivity index (χ3v) is 2.57. The van der Waals surface area contributed by atoms with Gasteiger partial charge in [0.15, 0.2) is 5.78 Å². The van der Waals surface area contributed by atoms with E-state index in [2.05, 4.69) is 0 Å². The van der Waals surface area contributed by atoms with Gasteiger partial charge < -0.3 is 5.73 Å². The van der Waals surface area contributed by atoms with Crippen LogP contribution in [-0.4, -0.2) is 18.6 Å². The van der Waals surface area contributed by atoms with Gasteiger partial charge in [-0.3, -0.25) is 4.79 Å². The Bertz CT molecular complexity index is 341. The summed E-state index contributed by atoms with van der Waals surface area (Å²) in [5.74, 6) is -0.701. The SMILES string of the molecule is CSc1ccc(C(=O)CCN)c(F)c1. The molecule has 1 aromatic carbocycles. The number of hydrogen-bond donors (Lipinski definition) is 1. The van der Waals surface area contributed by atoms with Gasteiger partial charge in [0.2, 0.25) is 0 Å². The van der Waals surface area contributed by atoms with Crippen molar-refractivity contribution in [1.29, 1.82) is 0 Å². The summed E-state index contributed by atoms with van der Waals surface area (Å²) >= 11 is 1.44. The van der Waals surface area contributed by atoms with E-state index in [0.717, 1.165) is 4.90 Å². The van der Waals surface area contributed by atoms with Crippen LogP contribution in [0.5, 0.6) is 0 Å². The maximum atomic E-state index is 13.3. The van der Waals surface area contributed by atoms with Crippen molar-refractivity contribution in [3.05, 3.63) is 29.6 Å². The molecule has 1 aromatic rings. The Labute approximate surface area is 86.7 Å². The second kappa shape index (κ2) is 5.12. The number of thioether (sulfide) groups is 1. The van der Waals surface area contributed by atoms with Crippen LogP contribution in [0.3, 0.4) is 0 Å². The number of Topliss-reactive ketones (excluding diaryl/α,β-unsaturated/α-hetero) is 1. The number of rotatable bonds is 4. The van der Waals surface area contributed by atoms with Crippen LogP contribution in [0.25, 0.3) is 0 Å². The fourth-order valence-electron chi connectivity index (χ4n) is 1.11. The number of nitrogens with two attached hydrogens (primary N) is 1. The summed E-state index contributed by atoms with van der Waals surface area (Å²) in [5, 5.41) is 0. The van der Waals surface area contributed by atoms with Gasteiger partial charge in [-0.1, -0.05) is 0 Å². The van der Waals surface area contributed by atoms with Gasteiger partial charge in [-0.05, 0) is 31.0 Å². The molecule has 0 atom stereocenters. The molecule has 0 saturated carbocycles. The number of halogens is 1. The van der Waals surface area contributed by atoms with Gasteiger partial charge in [0.05, 0.1) is 5.56 Å². The first kappa shape index (κ1) is 11.2. The first-order valence-corrected chi connectivity index (χ1v) is 5.48. The average Bonchev–Trinajstić information content (AvgIpc) is 2.17. The molecule has 0 aliphatic rings. The summed E-state index contributed by atoms with van der Waals surface area (Å²) in [7, 11) is 0. The molecule has 1 rings (SSSR count). The van der Waals surface area contributed by atoms with Crippen molar-refractivity contribution in [2.45, 2.75) is 11.3 Å². The van der Waals surface area contributed by atoms with E-state index in [0.29, 0.717) is 0 Å². The number of ketones is 1. The second-order valence-electron chi connectivity index (χ2n) is 2.81. The van der Waals surface area contributed by atoms with E-state index >= 15 is 0 Å². The Morgan fingerprint density at radius 1 is 1.57 bits per heavy atom. The van der Waals surface area contributed by atoms with Crippen molar-refractivity contribution in [2.24, 2.45) is 5.73 Å². The summed E-state index contributed by atoms with van der Waals surface area (Å²) in [4.78, 5) is 12.2. The molecular formula is C10H12FNOS. The minimum Gasteiger partial charge on any atom is -0.330 e. The lowest BCUT2D eigenvalue weighted by Gasteiger charge is -2.02. The lowest BCUT2D eigenvalue weighted by atomic mass is 10.1. The first-order valence-electron chi connectivity index (χ1n) is 4.26. The van der Waals surface area contributed by atoms with Crippen molar-refractivity contribution in [3.63, 3.8) is 0 Å². The monoisotopic (exact) mass is 213 g/mol. The molecule has 0 aromatic heterocycles. The third-order valence-electron chi connectivity index (χ3n) is 1.85. The van der Waals surface area contributed by atoms with Crippen LogP contribution in [-0.2, 0) is 0 Å². The highest BCUT2D eigenvalue weighted by molar-refractivity contribution is 7.98. The fourth-order valence-corrected chi connectivity index (χ4v) is 1.54. The highest BCUT2D eigenvalue weighted by Gasteiger charge is 2.10. The lowest BCUT2D eigenvalue weighted by Crippen LogP contribution is -2.09. The minimum atomic E-state index is -0.463. The molecule has 0 spiro atoms. The van der Waals surface area contributed by atoms with Crippen LogP contribution in [0.1, 0.15) is 16.8 Å². The standard InChI is InChI=1S/C10H12FNOS/c1-14-7-2-3-8(9(11)6-7)10(13)4-5-12/h2-3,6H,4-5,12H2,1H3. The molecule has 0 unspecified atom stereocenters. The van der Waals surface area contributed by atoms with E-state index in [9.17, 15) is 9.18 Å². The molecule has 2 nitrogen and oxygen atoms in total. The Morgan fingerprint density at radius 3 is 2.79 bits per heavy atom. The van der Waals surface area contributed by atoms with Gasteiger partial charge in [-0.25, -0.2) is 4.39 Å². The van der Waals surface area contributed by atoms with Crippen molar-refractivity contribution in [3.8, 4) is 0 Å². The zero-order valence-corrected chi connectivity index (χ0v) is 8.73. The van der Waals surface area contributed by atoms with Gasteiger partial charge in [0, 0.05) is 11.3 Å². The number of carbonyl (C=O) groups is 1. The van der Waals surface area contributed by atoms with Crippen LogP contribution >= 0.6 is 11.8 Å². The van der Waals surface area contributed by atoms with Crippen LogP contribution in [0.15, 0.2) is 23.1 Å². The molecule has 0 heterocycles. The Hall–Kier alpha value is -0.870. The van der Waals surface area contributed by atoms with E-state index in [-0.39, 0.29) is 24.3 Å². The van der Waals surface area contributed by atoms with Crippen LogP contribution in [0.4, 0.5) is 4.39 Å². The first-order chi connectivity index (χ1) is 6.69. The smallest absolute Gasteiger partial charge is 0.167 e. The summed E-state index contributed by atoms with van der Waals surface area (Å²) in [6, 6.07) is 4.62. The van der Waals surface area contributed by atoms with Crippen molar-refractivity contribution in [1.82, 2.24) is 0 Å². The molecule has 0 radical (unpaired) electrons. The Balaban J connectivity index is 2.94. The summed E-state index contributed by atoms with van der Waals surface area (Å²) in [6.07, 6.45) is 2.05. The molecule has 0 bridgehead atoms. The van der Waals surface area contributed by atoms with Crippen LogP contribution in [0, 0.1) is 5.82 Å². The van der Waals surface area contributed by atoms with E-state index in [4.69, 9.17) is 5.73 Å². The summed E-state index contributed by atoms with van der Waals surface area (Å²) in [6.45, 7) is 0.253. The topological polar surface area (TPSA) is 43.1 Å². The van der Waals surface area contributed by atoms with Gasteiger partial charge in [-0.2, -0.15) is 0 Å². The van der Waals surface area contributed by atoms with Crippen molar-refractivity contribution >= 4 is 17.5 Å². The number of hydrogen-bond acceptors (Lipinski definition) is 3. The molecule has 2 N–H and O–H groups in total. The van der Waals surface area contributed by atoms with Gasteiger partial charge in [-0.15, -0.1) is 11.8 Å².